The smallest absolute Gasteiger partial charge is 0.260 e. The van der Waals surface area contributed by atoms with Crippen LogP contribution >= 0.6 is 0 Å². The molecule has 0 unspecified atom stereocenters. The standard InChI is InChI=1S/C18H23N3O3/c1-14-8-19-17(12-23-2)21(14)11-15-9-20(10-15)18(22)13-24-16-6-4-3-5-7-16/h3-8,15H,9-13H2,1-2H3. The zero-order valence-electron chi connectivity index (χ0n) is 14.1. The van der Waals surface area contributed by atoms with Crippen molar-refractivity contribution in [1.82, 2.24) is 14.5 Å². The minimum atomic E-state index is 0.0366. The van der Waals surface area contributed by atoms with Gasteiger partial charge in [0, 0.05) is 44.6 Å². The quantitative estimate of drug-likeness (QED) is 0.778. The predicted octanol–water partition coefficient (Wildman–Crippen LogP) is 1.88. The number of ether oxygens (including phenoxy) is 2. The van der Waals surface area contributed by atoms with Gasteiger partial charge in [0.2, 0.25) is 0 Å². The molecule has 0 bridgehead atoms. The van der Waals surface area contributed by atoms with Gasteiger partial charge in [0.25, 0.3) is 5.91 Å². The second-order valence-electron chi connectivity index (χ2n) is 6.13. The minimum Gasteiger partial charge on any atom is -0.484 e. The Bertz CT molecular complexity index is 678. The number of nitrogens with zero attached hydrogens (tertiary/aromatic N) is 3. The Labute approximate surface area is 142 Å². The Hall–Kier alpha value is -2.34. The van der Waals surface area contributed by atoms with Gasteiger partial charge < -0.3 is 18.9 Å². The summed E-state index contributed by atoms with van der Waals surface area (Å²) in [5.74, 6) is 2.15. The summed E-state index contributed by atoms with van der Waals surface area (Å²) in [7, 11) is 1.67. The van der Waals surface area contributed by atoms with E-state index in [9.17, 15) is 4.79 Å². The van der Waals surface area contributed by atoms with Crippen molar-refractivity contribution in [1.29, 1.82) is 0 Å². The first kappa shape index (κ1) is 16.5. The van der Waals surface area contributed by atoms with E-state index < -0.39 is 0 Å². The largest absolute Gasteiger partial charge is 0.484 e. The highest BCUT2D eigenvalue weighted by Crippen LogP contribution is 2.20. The summed E-state index contributed by atoms with van der Waals surface area (Å²) in [6.45, 7) is 5.04. The highest BCUT2D eigenvalue weighted by Gasteiger charge is 2.31. The summed E-state index contributed by atoms with van der Waals surface area (Å²) < 4.78 is 12.9. The molecule has 1 saturated heterocycles. The molecular formula is C18H23N3O3. The normalized spacial score (nSPS) is 14.5. The van der Waals surface area contributed by atoms with Gasteiger partial charge in [-0.1, -0.05) is 18.2 Å². The monoisotopic (exact) mass is 329 g/mol. The lowest BCUT2D eigenvalue weighted by Gasteiger charge is -2.39. The first-order valence-electron chi connectivity index (χ1n) is 8.13. The molecule has 1 aromatic heterocycles. The zero-order chi connectivity index (χ0) is 16.9. The Balaban J connectivity index is 1.45. The maximum Gasteiger partial charge on any atom is 0.260 e. The number of rotatable bonds is 7. The van der Waals surface area contributed by atoms with Crippen LogP contribution in [0.1, 0.15) is 11.5 Å². The van der Waals surface area contributed by atoms with E-state index in [1.165, 1.54) is 0 Å². The summed E-state index contributed by atoms with van der Waals surface area (Å²) in [5.41, 5.74) is 1.12. The molecule has 3 rings (SSSR count). The summed E-state index contributed by atoms with van der Waals surface area (Å²) in [6, 6.07) is 9.41. The van der Waals surface area contributed by atoms with Gasteiger partial charge in [-0.05, 0) is 19.1 Å². The van der Waals surface area contributed by atoms with Crippen LogP contribution in [0.15, 0.2) is 36.5 Å². The maximum absolute atomic E-state index is 12.1. The van der Waals surface area contributed by atoms with Crippen molar-refractivity contribution in [2.75, 3.05) is 26.8 Å². The second-order valence-corrected chi connectivity index (χ2v) is 6.13. The second kappa shape index (κ2) is 7.49. The van der Waals surface area contributed by atoms with Gasteiger partial charge in [0.05, 0.1) is 0 Å². The third-order valence-electron chi connectivity index (χ3n) is 4.27. The van der Waals surface area contributed by atoms with E-state index in [2.05, 4.69) is 9.55 Å². The molecule has 2 aromatic rings. The lowest BCUT2D eigenvalue weighted by atomic mass is 10.00. The molecule has 0 atom stereocenters. The predicted molar refractivity (Wildman–Crippen MR) is 89.7 cm³/mol. The highest BCUT2D eigenvalue weighted by molar-refractivity contribution is 5.78. The van der Waals surface area contributed by atoms with E-state index in [-0.39, 0.29) is 12.5 Å². The molecule has 2 heterocycles. The van der Waals surface area contributed by atoms with Crippen LogP contribution in [-0.2, 0) is 22.7 Å². The van der Waals surface area contributed by atoms with Crippen molar-refractivity contribution in [2.24, 2.45) is 5.92 Å². The van der Waals surface area contributed by atoms with Crippen molar-refractivity contribution >= 4 is 5.91 Å². The Morgan fingerprint density at radius 3 is 2.75 bits per heavy atom. The van der Waals surface area contributed by atoms with Crippen LogP contribution in [0.4, 0.5) is 0 Å². The molecule has 6 heteroatoms. The van der Waals surface area contributed by atoms with Gasteiger partial charge in [-0.2, -0.15) is 0 Å². The van der Waals surface area contributed by atoms with Crippen LogP contribution in [-0.4, -0.2) is 47.2 Å². The molecule has 128 valence electrons. The number of aryl methyl sites for hydroxylation is 1. The van der Waals surface area contributed by atoms with Crippen molar-refractivity contribution in [3.05, 3.63) is 48.0 Å². The summed E-state index contributed by atoms with van der Waals surface area (Å²) in [4.78, 5) is 18.4. The van der Waals surface area contributed by atoms with Crippen LogP contribution in [0.25, 0.3) is 0 Å². The lowest BCUT2D eigenvalue weighted by Crippen LogP contribution is -2.53. The van der Waals surface area contributed by atoms with E-state index in [4.69, 9.17) is 9.47 Å². The van der Waals surface area contributed by atoms with E-state index >= 15 is 0 Å². The Morgan fingerprint density at radius 2 is 2.04 bits per heavy atom. The van der Waals surface area contributed by atoms with Gasteiger partial charge in [-0.15, -0.1) is 0 Å². The molecule has 0 aliphatic carbocycles. The van der Waals surface area contributed by atoms with Crippen LogP contribution < -0.4 is 4.74 Å². The number of methoxy groups -OCH3 is 1. The van der Waals surface area contributed by atoms with E-state index in [1.807, 2.05) is 48.4 Å². The Morgan fingerprint density at radius 1 is 1.29 bits per heavy atom. The lowest BCUT2D eigenvalue weighted by molar-refractivity contribution is -0.140. The molecule has 0 radical (unpaired) electrons. The average Bonchev–Trinajstić information content (AvgIpc) is 2.90. The van der Waals surface area contributed by atoms with E-state index in [0.29, 0.717) is 12.5 Å². The van der Waals surface area contributed by atoms with Gasteiger partial charge in [-0.25, -0.2) is 4.98 Å². The first-order valence-corrected chi connectivity index (χ1v) is 8.13. The fourth-order valence-corrected chi connectivity index (χ4v) is 2.90. The van der Waals surface area contributed by atoms with Crippen LogP contribution in [0.3, 0.4) is 0 Å². The number of para-hydroxylation sites is 1. The third kappa shape index (κ3) is 3.76. The van der Waals surface area contributed by atoms with E-state index in [1.54, 1.807) is 7.11 Å². The van der Waals surface area contributed by atoms with E-state index in [0.717, 1.165) is 36.9 Å². The van der Waals surface area contributed by atoms with Gasteiger partial charge in [-0.3, -0.25) is 4.79 Å². The number of amides is 1. The molecule has 1 aromatic carbocycles. The van der Waals surface area contributed by atoms with Gasteiger partial charge >= 0.3 is 0 Å². The molecule has 0 N–H and O–H groups in total. The summed E-state index contributed by atoms with van der Waals surface area (Å²) in [6.07, 6.45) is 1.86. The number of carbonyl (C=O) groups excluding carboxylic acids is 1. The fraction of sp³-hybridized carbons (Fsp3) is 0.444. The molecule has 1 aliphatic rings. The third-order valence-corrected chi connectivity index (χ3v) is 4.27. The van der Waals surface area contributed by atoms with Crippen molar-refractivity contribution in [2.45, 2.75) is 20.1 Å². The molecule has 6 nitrogen and oxygen atoms in total. The molecule has 1 aliphatic heterocycles. The number of benzene rings is 1. The number of imidazole rings is 1. The number of carbonyl (C=O) groups is 1. The first-order chi connectivity index (χ1) is 11.7. The Kier molecular flexibility index (Phi) is 5.15. The topological polar surface area (TPSA) is 56.6 Å². The van der Waals surface area contributed by atoms with Crippen LogP contribution in [0, 0.1) is 12.8 Å². The van der Waals surface area contributed by atoms with Crippen LogP contribution in [0.2, 0.25) is 0 Å². The maximum atomic E-state index is 12.1. The number of hydrogen-bond acceptors (Lipinski definition) is 4. The average molecular weight is 329 g/mol. The van der Waals surface area contributed by atoms with Crippen LogP contribution in [0.5, 0.6) is 5.75 Å². The summed E-state index contributed by atoms with van der Waals surface area (Å²) >= 11 is 0. The number of likely N-dealkylation sites (tertiary alicyclic amines) is 1. The fourth-order valence-electron chi connectivity index (χ4n) is 2.90. The SMILES string of the molecule is COCc1ncc(C)n1CC1CN(C(=O)COc2ccccc2)C1. The van der Waals surface area contributed by atoms with Crippen molar-refractivity contribution in [3.63, 3.8) is 0 Å². The molecule has 1 amide bonds. The highest BCUT2D eigenvalue weighted by atomic mass is 16.5. The van der Waals surface area contributed by atoms with Crippen molar-refractivity contribution in [3.8, 4) is 5.75 Å². The molecule has 0 spiro atoms. The molecule has 1 fully saturated rings. The minimum absolute atomic E-state index is 0.0366. The number of aromatic nitrogens is 2. The van der Waals surface area contributed by atoms with Gasteiger partial charge in [0.1, 0.15) is 18.2 Å². The molecular weight excluding hydrogens is 306 g/mol. The van der Waals surface area contributed by atoms with Gasteiger partial charge in [0.15, 0.2) is 6.61 Å². The summed E-state index contributed by atoms with van der Waals surface area (Å²) in [5, 5.41) is 0. The molecule has 24 heavy (non-hydrogen) atoms. The molecule has 0 saturated carbocycles. The zero-order valence-corrected chi connectivity index (χ0v) is 14.1. The van der Waals surface area contributed by atoms with Crippen molar-refractivity contribution < 1.29 is 14.3 Å². The number of hydrogen-bond donors (Lipinski definition) is 0.